The van der Waals surface area contributed by atoms with E-state index in [0.29, 0.717) is 0 Å². The summed E-state index contributed by atoms with van der Waals surface area (Å²) in [5, 5.41) is 2.60. The average Bonchev–Trinajstić information content (AvgIpc) is 2.51. The molecular formula is C19H28N2O5. The molecule has 0 unspecified atom stereocenters. The maximum Gasteiger partial charge on any atom is 0.407 e. The molecule has 26 heavy (non-hydrogen) atoms. The van der Waals surface area contributed by atoms with Crippen LogP contribution in [-0.2, 0) is 25.7 Å². The summed E-state index contributed by atoms with van der Waals surface area (Å²) < 4.78 is 10.3. The summed E-state index contributed by atoms with van der Waals surface area (Å²) in [6.45, 7) is 7.00. The first-order chi connectivity index (χ1) is 12.1. The van der Waals surface area contributed by atoms with Gasteiger partial charge in [0, 0.05) is 19.5 Å². The van der Waals surface area contributed by atoms with Crippen molar-refractivity contribution in [2.45, 2.75) is 52.4 Å². The minimum absolute atomic E-state index is 0.0573. The Kier molecular flexibility index (Phi) is 8.09. The van der Waals surface area contributed by atoms with Gasteiger partial charge in [-0.1, -0.05) is 30.3 Å². The van der Waals surface area contributed by atoms with Gasteiger partial charge in [0.1, 0.15) is 18.8 Å². The molecule has 7 nitrogen and oxygen atoms in total. The summed E-state index contributed by atoms with van der Waals surface area (Å²) in [6.07, 6.45) is -0.524. The van der Waals surface area contributed by atoms with Crippen molar-refractivity contribution in [1.82, 2.24) is 10.2 Å². The number of esters is 1. The highest BCUT2D eigenvalue weighted by Crippen LogP contribution is 2.07. The van der Waals surface area contributed by atoms with E-state index < -0.39 is 23.7 Å². The molecule has 144 valence electrons. The maximum atomic E-state index is 12.2. The fraction of sp³-hybridized carbons (Fsp3) is 0.526. The third-order valence-corrected chi connectivity index (χ3v) is 3.28. The largest absolute Gasteiger partial charge is 0.459 e. The van der Waals surface area contributed by atoms with Crippen LogP contribution in [0.15, 0.2) is 30.3 Å². The topological polar surface area (TPSA) is 84.9 Å². The standard InChI is InChI=1S/C19H28N2O5/c1-14(20-18(24)26-19(2,3)4)11-16(22)21(5)12-17(23)25-13-15-9-7-6-8-10-15/h6-10,14H,11-13H2,1-5H3,(H,20,24)/t14-/m0/s1. The zero-order chi connectivity index (χ0) is 19.7. The van der Waals surface area contributed by atoms with E-state index in [1.165, 1.54) is 11.9 Å². The Labute approximate surface area is 154 Å². The monoisotopic (exact) mass is 364 g/mol. The molecule has 0 aliphatic heterocycles. The van der Waals surface area contributed by atoms with Crippen molar-refractivity contribution in [2.24, 2.45) is 0 Å². The van der Waals surface area contributed by atoms with Gasteiger partial charge in [0.2, 0.25) is 5.91 Å². The number of benzene rings is 1. The highest BCUT2D eigenvalue weighted by molar-refractivity contribution is 5.82. The number of nitrogens with one attached hydrogen (secondary N) is 1. The van der Waals surface area contributed by atoms with Gasteiger partial charge in [0.25, 0.3) is 0 Å². The van der Waals surface area contributed by atoms with Crippen molar-refractivity contribution in [3.8, 4) is 0 Å². The predicted octanol–water partition coefficient (Wildman–Crippen LogP) is 2.49. The Morgan fingerprint density at radius 2 is 1.77 bits per heavy atom. The van der Waals surface area contributed by atoms with Gasteiger partial charge >= 0.3 is 12.1 Å². The molecule has 1 aromatic rings. The van der Waals surface area contributed by atoms with Gasteiger partial charge in [-0.05, 0) is 33.3 Å². The van der Waals surface area contributed by atoms with E-state index in [4.69, 9.17) is 9.47 Å². The number of alkyl carbamates (subject to hydrolysis) is 1. The Balaban J connectivity index is 2.34. The number of amides is 2. The molecule has 1 atom stereocenters. The van der Waals surface area contributed by atoms with Gasteiger partial charge in [0.05, 0.1) is 0 Å². The van der Waals surface area contributed by atoms with Crippen LogP contribution in [0.5, 0.6) is 0 Å². The van der Waals surface area contributed by atoms with E-state index in [9.17, 15) is 14.4 Å². The summed E-state index contributed by atoms with van der Waals surface area (Å²) in [4.78, 5) is 37.0. The maximum absolute atomic E-state index is 12.2. The molecular weight excluding hydrogens is 336 g/mol. The third-order valence-electron chi connectivity index (χ3n) is 3.28. The van der Waals surface area contributed by atoms with E-state index in [2.05, 4.69) is 5.32 Å². The molecule has 1 rings (SSSR count). The zero-order valence-corrected chi connectivity index (χ0v) is 16.1. The number of hydrogen-bond donors (Lipinski definition) is 1. The van der Waals surface area contributed by atoms with Crippen LogP contribution in [-0.4, -0.2) is 48.1 Å². The van der Waals surface area contributed by atoms with Crippen molar-refractivity contribution in [3.63, 3.8) is 0 Å². The molecule has 0 aliphatic carbocycles. The SMILES string of the molecule is C[C@@H](CC(=O)N(C)CC(=O)OCc1ccccc1)NC(=O)OC(C)(C)C. The molecule has 0 radical (unpaired) electrons. The van der Waals surface area contributed by atoms with Crippen LogP contribution in [0, 0.1) is 0 Å². The van der Waals surface area contributed by atoms with Gasteiger partial charge in [-0.3, -0.25) is 9.59 Å². The number of carbonyl (C=O) groups excluding carboxylic acids is 3. The second-order valence-electron chi connectivity index (χ2n) is 7.15. The van der Waals surface area contributed by atoms with Crippen LogP contribution in [0.4, 0.5) is 4.79 Å². The first-order valence-electron chi connectivity index (χ1n) is 8.50. The lowest BCUT2D eigenvalue weighted by Crippen LogP contribution is -2.41. The van der Waals surface area contributed by atoms with Crippen LogP contribution in [0.2, 0.25) is 0 Å². The predicted molar refractivity (Wildman–Crippen MR) is 97.3 cm³/mol. The Morgan fingerprint density at radius 3 is 2.35 bits per heavy atom. The summed E-state index contributed by atoms with van der Waals surface area (Å²) >= 11 is 0. The third kappa shape index (κ3) is 9.05. The first kappa shape index (κ1) is 21.5. The molecule has 0 saturated heterocycles. The van der Waals surface area contributed by atoms with Crippen LogP contribution in [0.3, 0.4) is 0 Å². The molecule has 2 amide bonds. The molecule has 0 saturated carbocycles. The van der Waals surface area contributed by atoms with Gasteiger partial charge in [-0.2, -0.15) is 0 Å². The lowest BCUT2D eigenvalue weighted by Gasteiger charge is -2.23. The number of ether oxygens (including phenoxy) is 2. The second kappa shape index (κ2) is 9.79. The summed E-state index contributed by atoms with van der Waals surface area (Å²) in [5.41, 5.74) is 0.276. The number of hydrogen-bond acceptors (Lipinski definition) is 5. The second-order valence-corrected chi connectivity index (χ2v) is 7.15. The zero-order valence-electron chi connectivity index (χ0n) is 16.1. The number of likely N-dealkylation sites (N-methyl/N-ethyl adjacent to an activating group) is 1. The van der Waals surface area contributed by atoms with Crippen molar-refractivity contribution in [3.05, 3.63) is 35.9 Å². The minimum Gasteiger partial charge on any atom is -0.459 e. The fourth-order valence-electron chi connectivity index (χ4n) is 2.04. The van der Waals surface area contributed by atoms with Crippen LogP contribution in [0.25, 0.3) is 0 Å². The highest BCUT2D eigenvalue weighted by Gasteiger charge is 2.21. The fourth-order valence-corrected chi connectivity index (χ4v) is 2.04. The summed E-state index contributed by atoms with van der Waals surface area (Å²) in [5.74, 6) is -0.761. The van der Waals surface area contributed by atoms with Crippen molar-refractivity contribution >= 4 is 18.0 Å². The van der Waals surface area contributed by atoms with Crippen molar-refractivity contribution in [1.29, 1.82) is 0 Å². The minimum atomic E-state index is -0.604. The van der Waals surface area contributed by atoms with E-state index >= 15 is 0 Å². The van der Waals surface area contributed by atoms with E-state index in [0.717, 1.165) is 5.56 Å². The number of carbonyl (C=O) groups is 3. The average molecular weight is 364 g/mol. The molecule has 1 N–H and O–H groups in total. The molecule has 0 spiro atoms. The van der Waals surface area contributed by atoms with E-state index in [1.807, 2.05) is 30.3 Å². The van der Waals surface area contributed by atoms with Crippen molar-refractivity contribution < 1.29 is 23.9 Å². The van der Waals surface area contributed by atoms with Gasteiger partial charge < -0.3 is 19.7 Å². The summed E-state index contributed by atoms with van der Waals surface area (Å²) in [7, 11) is 1.52. The van der Waals surface area contributed by atoms with Crippen LogP contribution < -0.4 is 5.32 Å². The normalized spacial score (nSPS) is 12.0. The van der Waals surface area contributed by atoms with Crippen LogP contribution in [0.1, 0.15) is 39.7 Å². The van der Waals surface area contributed by atoms with Gasteiger partial charge in [-0.25, -0.2) is 4.79 Å². The Hall–Kier alpha value is -2.57. The van der Waals surface area contributed by atoms with E-state index in [-0.39, 0.29) is 25.5 Å². The lowest BCUT2D eigenvalue weighted by atomic mass is 10.2. The van der Waals surface area contributed by atoms with Crippen LogP contribution >= 0.6 is 0 Å². The quantitative estimate of drug-likeness (QED) is 0.752. The number of rotatable bonds is 7. The first-order valence-corrected chi connectivity index (χ1v) is 8.50. The highest BCUT2D eigenvalue weighted by atomic mass is 16.6. The van der Waals surface area contributed by atoms with Gasteiger partial charge in [-0.15, -0.1) is 0 Å². The molecule has 7 heteroatoms. The van der Waals surface area contributed by atoms with Gasteiger partial charge in [0.15, 0.2) is 0 Å². The molecule has 0 fully saturated rings. The van der Waals surface area contributed by atoms with E-state index in [1.54, 1.807) is 27.7 Å². The molecule has 0 bridgehead atoms. The molecule has 0 aliphatic rings. The molecule has 1 aromatic carbocycles. The number of nitrogens with zero attached hydrogens (tertiary/aromatic N) is 1. The van der Waals surface area contributed by atoms with Crippen molar-refractivity contribution in [2.75, 3.05) is 13.6 Å². The molecule has 0 aromatic heterocycles. The summed E-state index contributed by atoms with van der Waals surface area (Å²) in [6, 6.07) is 8.89. The Bertz CT molecular complexity index is 610. The Morgan fingerprint density at radius 1 is 1.15 bits per heavy atom. The molecule has 0 heterocycles. The smallest absolute Gasteiger partial charge is 0.407 e. The lowest BCUT2D eigenvalue weighted by molar-refractivity contribution is -0.149.